The standard InChI is InChI=1S/C14H20N4O2/c1-2-18-9-11(7-15-18)8-17-10-12(19)16-14(13(17)20)5-3-4-6-14/h7,9H,2-6,8,10H2,1H3,(H,16,19). The third-order valence-electron chi connectivity index (χ3n) is 4.25. The molecular weight excluding hydrogens is 256 g/mol. The number of aromatic nitrogens is 2. The second kappa shape index (κ2) is 4.92. The van der Waals surface area contributed by atoms with E-state index in [0.29, 0.717) is 6.54 Å². The van der Waals surface area contributed by atoms with Crippen molar-refractivity contribution in [1.82, 2.24) is 20.0 Å². The SMILES string of the molecule is CCn1cc(CN2CC(=O)NC3(CCCC3)C2=O)cn1. The molecule has 2 amide bonds. The Labute approximate surface area is 118 Å². The Morgan fingerprint density at radius 1 is 1.35 bits per heavy atom. The average Bonchev–Trinajstić information content (AvgIpc) is 3.05. The summed E-state index contributed by atoms with van der Waals surface area (Å²) >= 11 is 0. The van der Waals surface area contributed by atoms with Crippen LogP contribution in [0.1, 0.15) is 38.2 Å². The van der Waals surface area contributed by atoms with Gasteiger partial charge in [0.1, 0.15) is 5.54 Å². The Hall–Kier alpha value is -1.85. The highest BCUT2D eigenvalue weighted by Crippen LogP contribution is 2.33. The quantitative estimate of drug-likeness (QED) is 0.882. The van der Waals surface area contributed by atoms with E-state index in [1.54, 1.807) is 11.1 Å². The Kier molecular flexibility index (Phi) is 3.23. The molecule has 1 saturated heterocycles. The van der Waals surface area contributed by atoms with Gasteiger partial charge in [-0.3, -0.25) is 14.3 Å². The zero-order chi connectivity index (χ0) is 14.2. The van der Waals surface area contributed by atoms with E-state index in [9.17, 15) is 9.59 Å². The predicted octanol–water partition coefficient (Wildman–Crippen LogP) is 0.674. The van der Waals surface area contributed by atoms with Crippen molar-refractivity contribution < 1.29 is 9.59 Å². The smallest absolute Gasteiger partial charge is 0.249 e. The van der Waals surface area contributed by atoms with E-state index in [2.05, 4.69) is 10.4 Å². The molecule has 1 aromatic heterocycles. The summed E-state index contributed by atoms with van der Waals surface area (Å²) in [5, 5.41) is 7.13. The van der Waals surface area contributed by atoms with Crippen molar-refractivity contribution in [3.8, 4) is 0 Å². The van der Waals surface area contributed by atoms with Gasteiger partial charge in [0.05, 0.1) is 12.7 Å². The highest BCUT2D eigenvalue weighted by Gasteiger charge is 2.48. The predicted molar refractivity (Wildman–Crippen MR) is 72.7 cm³/mol. The van der Waals surface area contributed by atoms with E-state index in [4.69, 9.17) is 0 Å². The summed E-state index contributed by atoms with van der Waals surface area (Å²) in [6.07, 6.45) is 7.25. The molecule has 2 fully saturated rings. The van der Waals surface area contributed by atoms with Crippen molar-refractivity contribution in [3.05, 3.63) is 18.0 Å². The van der Waals surface area contributed by atoms with E-state index < -0.39 is 5.54 Å². The highest BCUT2D eigenvalue weighted by molar-refractivity contribution is 5.98. The van der Waals surface area contributed by atoms with Crippen LogP contribution in [0.15, 0.2) is 12.4 Å². The molecular formula is C14H20N4O2. The van der Waals surface area contributed by atoms with Crippen LogP contribution in [0.3, 0.4) is 0 Å². The third-order valence-corrected chi connectivity index (χ3v) is 4.25. The first-order valence-electron chi connectivity index (χ1n) is 7.25. The van der Waals surface area contributed by atoms with Gasteiger partial charge in [0.2, 0.25) is 11.8 Å². The second-order valence-corrected chi connectivity index (χ2v) is 5.70. The number of carbonyl (C=O) groups excluding carboxylic acids is 2. The Balaban J connectivity index is 1.78. The van der Waals surface area contributed by atoms with Crippen molar-refractivity contribution in [1.29, 1.82) is 0 Å². The van der Waals surface area contributed by atoms with Crippen molar-refractivity contribution in [2.45, 2.75) is 51.2 Å². The topological polar surface area (TPSA) is 67.2 Å². The van der Waals surface area contributed by atoms with E-state index in [0.717, 1.165) is 37.8 Å². The minimum Gasteiger partial charge on any atom is -0.340 e. The van der Waals surface area contributed by atoms with Crippen LogP contribution >= 0.6 is 0 Å². The molecule has 6 nitrogen and oxygen atoms in total. The molecule has 1 saturated carbocycles. The molecule has 2 heterocycles. The van der Waals surface area contributed by atoms with Crippen LogP contribution in [0.2, 0.25) is 0 Å². The van der Waals surface area contributed by atoms with E-state index in [-0.39, 0.29) is 18.4 Å². The Morgan fingerprint density at radius 3 is 2.75 bits per heavy atom. The van der Waals surface area contributed by atoms with E-state index in [1.807, 2.05) is 17.8 Å². The second-order valence-electron chi connectivity index (χ2n) is 5.70. The molecule has 1 aliphatic carbocycles. The fraction of sp³-hybridized carbons (Fsp3) is 0.643. The lowest BCUT2D eigenvalue weighted by molar-refractivity contribution is -0.150. The average molecular weight is 276 g/mol. The summed E-state index contributed by atoms with van der Waals surface area (Å²) in [5.74, 6) is 0.0215. The number of hydrogen-bond acceptors (Lipinski definition) is 3. The first kappa shape index (κ1) is 13.1. The molecule has 6 heteroatoms. The van der Waals surface area contributed by atoms with Gasteiger partial charge in [-0.15, -0.1) is 0 Å². The summed E-state index contributed by atoms with van der Waals surface area (Å²) in [7, 11) is 0. The van der Waals surface area contributed by atoms with Crippen LogP contribution in [0.4, 0.5) is 0 Å². The largest absolute Gasteiger partial charge is 0.340 e. The first-order valence-corrected chi connectivity index (χ1v) is 7.25. The van der Waals surface area contributed by atoms with Gasteiger partial charge in [-0.05, 0) is 19.8 Å². The number of piperazine rings is 1. The molecule has 1 aromatic rings. The van der Waals surface area contributed by atoms with Crippen LogP contribution in [0, 0.1) is 0 Å². The number of carbonyl (C=O) groups is 2. The lowest BCUT2D eigenvalue weighted by Gasteiger charge is -2.39. The van der Waals surface area contributed by atoms with Gasteiger partial charge in [-0.25, -0.2) is 0 Å². The summed E-state index contributed by atoms with van der Waals surface area (Å²) < 4.78 is 1.83. The summed E-state index contributed by atoms with van der Waals surface area (Å²) in [6, 6.07) is 0. The molecule has 0 radical (unpaired) electrons. The Bertz CT molecular complexity index is 531. The minimum atomic E-state index is -0.629. The van der Waals surface area contributed by atoms with E-state index in [1.165, 1.54) is 0 Å². The van der Waals surface area contributed by atoms with Gasteiger partial charge in [0, 0.05) is 24.8 Å². The maximum atomic E-state index is 12.7. The molecule has 1 aliphatic heterocycles. The van der Waals surface area contributed by atoms with Gasteiger partial charge in [-0.1, -0.05) is 12.8 Å². The van der Waals surface area contributed by atoms with Gasteiger partial charge in [-0.2, -0.15) is 5.10 Å². The summed E-state index contributed by atoms with van der Waals surface area (Å²) in [4.78, 5) is 26.2. The molecule has 2 aliphatic rings. The summed E-state index contributed by atoms with van der Waals surface area (Å²) in [6.45, 7) is 3.44. The van der Waals surface area contributed by atoms with Crippen LogP contribution < -0.4 is 5.32 Å². The maximum Gasteiger partial charge on any atom is 0.249 e. The van der Waals surface area contributed by atoms with Gasteiger partial charge in [0.15, 0.2) is 0 Å². The number of hydrogen-bond donors (Lipinski definition) is 1. The maximum absolute atomic E-state index is 12.7. The number of nitrogens with one attached hydrogen (secondary N) is 1. The first-order chi connectivity index (χ1) is 9.63. The van der Waals surface area contributed by atoms with Crippen molar-refractivity contribution >= 4 is 11.8 Å². The van der Waals surface area contributed by atoms with Gasteiger partial charge in [0.25, 0.3) is 0 Å². The molecule has 0 atom stereocenters. The fourth-order valence-corrected chi connectivity index (χ4v) is 3.23. The van der Waals surface area contributed by atoms with Crippen molar-refractivity contribution in [2.24, 2.45) is 0 Å². The monoisotopic (exact) mass is 276 g/mol. The molecule has 108 valence electrons. The molecule has 3 rings (SSSR count). The molecule has 1 spiro atoms. The molecule has 1 N–H and O–H groups in total. The van der Waals surface area contributed by atoms with Crippen molar-refractivity contribution in [3.63, 3.8) is 0 Å². The minimum absolute atomic E-state index is 0.0469. The van der Waals surface area contributed by atoms with Crippen LogP contribution in [-0.2, 0) is 22.7 Å². The summed E-state index contributed by atoms with van der Waals surface area (Å²) in [5.41, 5.74) is 0.346. The van der Waals surface area contributed by atoms with Gasteiger partial charge < -0.3 is 10.2 Å². The number of aryl methyl sites for hydroxylation is 1. The van der Waals surface area contributed by atoms with Crippen LogP contribution in [0.25, 0.3) is 0 Å². The third kappa shape index (κ3) is 2.19. The van der Waals surface area contributed by atoms with E-state index >= 15 is 0 Å². The van der Waals surface area contributed by atoms with Crippen molar-refractivity contribution in [2.75, 3.05) is 6.54 Å². The number of nitrogens with zero attached hydrogens (tertiary/aromatic N) is 3. The normalized spacial score (nSPS) is 21.6. The van der Waals surface area contributed by atoms with Crippen LogP contribution in [-0.4, -0.2) is 38.6 Å². The lowest BCUT2D eigenvalue weighted by atomic mass is 9.93. The lowest BCUT2D eigenvalue weighted by Crippen LogP contribution is -2.65. The molecule has 20 heavy (non-hydrogen) atoms. The zero-order valence-corrected chi connectivity index (χ0v) is 11.8. The number of amides is 2. The highest BCUT2D eigenvalue weighted by atomic mass is 16.2. The fourth-order valence-electron chi connectivity index (χ4n) is 3.23. The molecule has 0 unspecified atom stereocenters. The zero-order valence-electron chi connectivity index (χ0n) is 11.8. The molecule has 0 bridgehead atoms. The molecule has 0 aromatic carbocycles. The van der Waals surface area contributed by atoms with Gasteiger partial charge >= 0.3 is 0 Å². The number of rotatable bonds is 3. The van der Waals surface area contributed by atoms with Crippen LogP contribution in [0.5, 0.6) is 0 Å². The Morgan fingerprint density at radius 2 is 2.10 bits per heavy atom.